The van der Waals surface area contributed by atoms with E-state index in [1.807, 2.05) is 0 Å². The van der Waals surface area contributed by atoms with Crippen LogP contribution in [0.4, 0.5) is 0 Å². The first-order valence-corrected chi connectivity index (χ1v) is 12.4. The molecule has 15 heteroatoms. The smallest absolute Gasteiger partial charge is 0.197 e. The summed E-state index contributed by atoms with van der Waals surface area (Å²) in [6.07, 6.45) is -16.0. The van der Waals surface area contributed by atoms with E-state index in [1.165, 1.54) is 6.07 Å². The monoisotopic (exact) mass is 580 g/mol. The lowest BCUT2D eigenvalue weighted by Gasteiger charge is -2.41. The summed E-state index contributed by atoms with van der Waals surface area (Å²) in [6.45, 7) is -1.39. The molecule has 9 atom stereocenters. The second-order valence-corrected chi connectivity index (χ2v) is 9.96. The quantitative estimate of drug-likeness (QED) is 0.148. The van der Waals surface area contributed by atoms with Gasteiger partial charge in [-0.15, -0.1) is 0 Å². The van der Waals surface area contributed by atoms with Crippen LogP contribution in [0.25, 0.3) is 22.3 Å². The minimum absolute atomic E-state index is 0.0604. The van der Waals surface area contributed by atoms with Gasteiger partial charge >= 0.3 is 0 Å². The number of rotatable bonds is 4. The maximum Gasteiger partial charge on any atom is 0.197 e. The first kappa shape index (κ1) is 29.0. The number of phenols is 4. The number of aromatic hydroxyl groups is 4. The normalized spacial score (nSPS) is 32.3. The van der Waals surface area contributed by atoms with Gasteiger partial charge in [-0.3, -0.25) is 4.79 Å². The molecule has 0 radical (unpaired) electrons. The van der Waals surface area contributed by atoms with Crippen molar-refractivity contribution in [3.63, 3.8) is 0 Å². The Labute approximate surface area is 229 Å². The van der Waals surface area contributed by atoms with Gasteiger partial charge in [0, 0.05) is 11.6 Å². The zero-order chi connectivity index (χ0) is 29.9. The molecule has 3 aromatic rings. The van der Waals surface area contributed by atoms with Crippen LogP contribution in [0.15, 0.2) is 33.5 Å². The molecule has 0 bridgehead atoms. The molecule has 222 valence electrons. The Bertz CT molecular complexity index is 1520. The standard InChI is InChI=1S/C26H28O15/c27-5-13-18(33)21(36)23(38)26(41-13)16-20(35)15(25-22(37)17(32)11(31)6-39-25)19(34)14-10(30)4-12(40-24(14)16)7-1-2-8(28)9(29)3-7/h1-4,11,13,17-18,21-23,25-29,31-38H,5-6H2/t11-,13-,17+,18-,21+,22-,23-,25-,26+/m1/s1. The first-order valence-electron chi connectivity index (χ1n) is 12.4. The lowest BCUT2D eigenvalue weighted by molar-refractivity contribution is -0.231. The molecular weight excluding hydrogens is 552 g/mol. The summed E-state index contributed by atoms with van der Waals surface area (Å²) in [6, 6.07) is 4.34. The molecule has 0 saturated carbocycles. The largest absolute Gasteiger partial charge is 0.507 e. The van der Waals surface area contributed by atoms with E-state index in [0.29, 0.717) is 0 Å². The minimum Gasteiger partial charge on any atom is -0.507 e. The van der Waals surface area contributed by atoms with E-state index in [9.17, 15) is 61.0 Å². The van der Waals surface area contributed by atoms with Crippen molar-refractivity contribution in [3.8, 4) is 34.3 Å². The van der Waals surface area contributed by atoms with Crippen LogP contribution in [0.2, 0.25) is 0 Å². The van der Waals surface area contributed by atoms with Gasteiger partial charge in [-0.1, -0.05) is 0 Å². The van der Waals surface area contributed by atoms with Crippen LogP contribution in [-0.2, 0) is 9.47 Å². The van der Waals surface area contributed by atoms with Gasteiger partial charge in [-0.2, -0.15) is 0 Å². The predicted molar refractivity (Wildman–Crippen MR) is 134 cm³/mol. The van der Waals surface area contributed by atoms with Gasteiger partial charge in [-0.25, -0.2) is 0 Å². The Balaban J connectivity index is 1.82. The second-order valence-electron chi connectivity index (χ2n) is 9.96. The summed E-state index contributed by atoms with van der Waals surface area (Å²) >= 11 is 0. The highest BCUT2D eigenvalue weighted by Crippen LogP contribution is 2.50. The molecular formula is C26H28O15. The van der Waals surface area contributed by atoms with Crippen molar-refractivity contribution in [1.82, 2.24) is 0 Å². The van der Waals surface area contributed by atoms with Crippen LogP contribution >= 0.6 is 0 Å². The van der Waals surface area contributed by atoms with Gasteiger partial charge in [0.25, 0.3) is 0 Å². The molecule has 3 heterocycles. The van der Waals surface area contributed by atoms with Crippen LogP contribution in [-0.4, -0.2) is 112 Å². The van der Waals surface area contributed by atoms with Crippen LogP contribution in [0, 0.1) is 0 Å². The van der Waals surface area contributed by atoms with Crippen LogP contribution in [0.1, 0.15) is 23.3 Å². The number of phenolic OH excluding ortho intramolecular Hbond substituents is 4. The molecule has 0 aliphatic carbocycles. The maximum atomic E-state index is 13.4. The van der Waals surface area contributed by atoms with Crippen molar-refractivity contribution in [3.05, 3.63) is 45.6 Å². The molecule has 5 rings (SSSR count). The molecule has 2 fully saturated rings. The topological polar surface area (TPSA) is 271 Å². The first-order chi connectivity index (χ1) is 19.4. The Morgan fingerprint density at radius 2 is 1.44 bits per heavy atom. The molecule has 41 heavy (non-hydrogen) atoms. The molecule has 2 aromatic carbocycles. The van der Waals surface area contributed by atoms with Crippen LogP contribution in [0.3, 0.4) is 0 Å². The highest BCUT2D eigenvalue weighted by atomic mass is 16.5. The summed E-state index contributed by atoms with van der Waals surface area (Å²) < 4.78 is 16.8. The fraction of sp³-hybridized carbons (Fsp3) is 0.423. The molecule has 11 N–H and O–H groups in total. The molecule has 15 nitrogen and oxygen atoms in total. The number of ether oxygens (including phenoxy) is 2. The van der Waals surface area contributed by atoms with Crippen LogP contribution < -0.4 is 5.43 Å². The molecule has 2 aliphatic heterocycles. The maximum absolute atomic E-state index is 13.4. The average Bonchev–Trinajstić information content (AvgIpc) is 2.93. The third kappa shape index (κ3) is 4.66. The highest BCUT2D eigenvalue weighted by Gasteiger charge is 2.48. The van der Waals surface area contributed by atoms with Crippen molar-refractivity contribution in [2.45, 2.75) is 54.9 Å². The van der Waals surface area contributed by atoms with Crippen molar-refractivity contribution in [1.29, 1.82) is 0 Å². The minimum atomic E-state index is -2.00. The number of aliphatic hydroxyl groups excluding tert-OH is 7. The molecule has 0 spiro atoms. The van der Waals surface area contributed by atoms with Crippen molar-refractivity contribution >= 4 is 11.0 Å². The molecule has 1 aromatic heterocycles. The fourth-order valence-electron chi connectivity index (χ4n) is 5.16. The van der Waals surface area contributed by atoms with Gasteiger partial charge in [0.05, 0.1) is 24.3 Å². The van der Waals surface area contributed by atoms with E-state index in [-0.39, 0.29) is 11.3 Å². The lowest BCUT2D eigenvalue weighted by Crippen LogP contribution is -2.55. The third-order valence-electron chi connectivity index (χ3n) is 7.42. The van der Waals surface area contributed by atoms with Gasteiger partial charge in [0.1, 0.15) is 77.6 Å². The Morgan fingerprint density at radius 1 is 0.756 bits per heavy atom. The van der Waals surface area contributed by atoms with Crippen molar-refractivity contribution < 1.29 is 70.1 Å². The highest BCUT2D eigenvalue weighted by molar-refractivity contribution is 5.92. The van der Waals surface area contributed by atoms with E-state index in [4.69, 9.17) is 13.9 Å². The van der Waals surface area contributed by atoms with E-state index in [0.717, 1.165) is 18.2 Å². The van der Waals surface area contributed by atoms with Crippen molar-refractivity contribution in [2.75, 3.05) is 13.2 Å². The van der Waals surface area contributed by atoms with Gasteiger partial charge < -0.3 is 70.1 Å². The summed E-state index contributed by atoms with van der Waals surface area (Å²) in [5, 5.41) is 114. The zero-order valence-corrected chi connectivity index (χ0v) is 21.0. The molecule has 2 saturated heterocycles. The molecule has 0 unspecified atom stereocenters. The van der Waals surface area contributed by atoms with Gasteiger partial charge in [-0.05, 0) is 18.2 Å². The van der Waals surface area contributed by atoms with E-state index in [2.05, 4.69) is 0 Å². The third-order valence-corrected chi connectivity index (χ3v) is 7.42. The number of benzene rings is 2. The lowest BCUT2D eigenvalue weighted by atomic mass is 9.85. The molecule has 2 aliphatic rings. The Kier molecular flexibility index (Phi) is 7.58. The van der Waals surface area contributed by atoms with E-state index < -0.39 is 119 Å². The summed E-state index contributed by atoms with van der Waals surface area (Å²) in [7, 11) is 0. The van der Waals surface area contributed by atoms with Gasteiger partial charge in [0.2, 0.25) is 0 Å². The Hall–Kier alpha value is -3.51. The van der Waals surface area contributed by atoms with Gasteiger partial charge in [0.15, 0.2) is 22.5 Å². The number of hydrogen-bond acceptors (Lipinski definition) is 15. The zero-order valence-electron chi connectivity index (χ0n) is 21.0. The predicted octanol–water partition coefficient (Wildman–Crippen LogP) is -2.05. The van der Waals surface area contributed by atoms with Crippen molar-refractivity contribution in [2.24, 2.45) is 0 Å². The number of aliphatic hydroxyl groups is 7. The Morgan fingerprint density at radius 3 is 2.10 bits per heavy atom. The fourth-order valence-corrected chi connectivity index (χ4v) is 5.16. The van der Waals surface area contributed by atoms with Crippen LogP contribution in [0.5, 0.6) is 23.0 Å². The SMILES string of the molecule is O=c1cc(-c2ccc(O)c(O)c2)oc2c([C@@H]3O[C@H](CO)[C@@H](O)[C@H](O)[C@H]3O)c(O)c([C@H]3OC[C@@H](O)[C@H](O)[C@H]3O)c(O)c12. The average molecular weight is 580 g/mol. The van der Waals surface area contributed by atoms with E-state index in [1.54, 1.807) is 0 Å². The van der Waals surface area contributed by atoms with E-state index >= 15 is 0 Å². The number of hydrogen-bond donors (Lipinski definition) is 11. The summed E-state index contributed by atoms with van der Waals surface area (Å²) in [5.74, 6) is -3.21. The molecule has 0 amide bonds. The number of fused-ring (bicyclic) bond motifs is 1. The summed E-state index contributed by atoms with van der Waals surface area (Å²) in [5.41, 5.74) is -2.68. The second kappa shape index (κ2) is 10.7. The summed E-state index contributed by atoms with van der Waals surface area (Å²) in [4.78, 5) is 13.4.